The number of ether oxygens (including phenoxy) is 1. The maximum Gasteiger partial charge on any atom is 0.257 e. The molecule has 0 spiro atoms. The Kier molecular flexibility index (Phi) is 5.30. The van der Waals surface area contributed by atoms with Gasteiger partial charge in [-0.1, -0.05) is 33.0 Å². The van der Waals surface area contributed by atoms with Crippen molar-refractivity contribution in [3.8, 4) is 5.75 Å². The van der Waals surface area contributed by atoms with Gasteiger partial charge >= 0.3 is 0 Å². The summed E-state index contributed by atoms with van der Waals surface area (Å²) in [5.74, 6) is 0.485. The molecule has 0 aliphatic carbocycles. The van der Waals surface area contributed by atoms with E-state index in [9.17, 15) is 4.79 Å². The molecular formula is C14H20N2O2S. The van der Waals surface area contributed by atoms with E-state index < -0.39 is 0 Å². The van der Waals surface area contributed by atoms with Crippen LogP contribution in [-0.4, -0.2) is 24.0 Å². The molecule has 19 heavy (non-hydrogen) atoms. The lowest BCUT2D eigenvalue weighted by Gasteiger charge is -2.18. The van der Waals surface area contributed by atoms with E-state index in [1.54, 1.807) is 24.3 Å². The highest BCUT2D eigenvalue weighted by molar-refractivity contribution is 7.80. The van der Waals surface area contributed by atoms with Gasteiger partial charge in [0.1, 0.15) is 10.7 Å². The lowest BCUT2D eigenvalue weighted by molar-refractivity contribution is -0.123. The summed E-state index contributed by atoms with van der Waals surface area (Å²) < 4.78 is 5.37. The first-order valence-electron chi connectivity index (χ1n) is 6.07. The Bertz CT molecular complexity index is 450. The van der Waals surface area contributed by atoms with Gasteiger partial charge in [0.05, 0.1) is 0 Å². The van der Waals surface area contributed by atoms with Crippen LogP contribution in [0.1, 0.15) is 26.3 Å². The number of nitrogens with two attached hydrogens (primary N) is 1. The van der Waals surface area contributed by atoms with Gasteiger partial charge in [-0.25, -0.2) is 0 Å². The van der Waals surface area contributed by atoms with Crippen molar-refractivity contribution in [2.24, 2.45) is 11.1 Å². The average molecular weight is 280 g/mol. The predicted molar refractivity (Wildman–Crippen MR) is 80.3 cm³/mol. The zero-order valence-corrected chi connectivity index (χ0v) is 12.3. The summed E-state index contributed by atoms with van der Waals surface area (Å²) in [5.41, 5.74) is 6.33. The molecule has 0 radical (unpaired) electrons. The van der Waals surface area contributed by atoms with Crippen LogP contribution in [0.15, 0.2) is 24.3 Å². The molecule has 0 heterocycles. The molecule has 0 aliphatic rings. The van der Waals surface area contributed by atoms with Crippen LogP contribution < -0.4 is 15.8 Å². The molecule has 1 aromatic carbocycles. The molecule has 0 unspecified atom stereocenters. The summed E-state index contributed by atoms with van der Waals surface area (Å²) in [7, 11) is 0. The fraction of sp³-hybridized carbons (Fsp3) is 0.429. The van der Waals surface area contributed by atoms with Crippen molar-refractivity contribution in [3.63, 3.8) is 0 Å². The molecule has 0 aromatic heterocycles. The van der Waals surface area contributed by atoms with Crippen LogP contribution in [0.25, 0.3) is 0 Å². The molecule has 0 atom stereocenters. The third-order valence-corrected chi connectivity index (χ3v) is 2.56. The largest absolute Gasteiger partial charge is 0.484 e. The Morgan fingerprint density at radius 2 is 1.89 bits per heavy atom. The monoisotopic (exact) mass is 280 g/mol. The normalized spacial score (nSPS) is 10.9. The van der Waals surface area contributed by atoms with E-state index in [1.165, 1.54) is 0 Å². The Morgan fingerprint density at radius 1 is 1.32 bits per heavy atom. The summed E-state index contributed by atoms with van der Waals surface area (Å²) in [6.07, 6.45) is 0. The van der Waals surface area contributed by atoms with Gasteiger partial charge < -0.3 is 15.8 Å². The number of amides is 1. The second kappa shape index (κ2) is 6.52. The molecule has 4 nitrogen and oxygen atoms in total. The summed E-state index contributed by atoms with van der Waals surface area (Å²) in [6, 6.07) is 7.02. The van der Waals surface area contributed by atoms with Crippen molar-refractivity contribution in [3.05, 3.63) is 29.8 Å². The molecular weight excluding hydrogens is 260 g/mol. The van der Waals surface area contributed by atoms with Crippen molar-refractivity contribution in [2.75, 3.05) is 13.2 Å². The smallest absolute Gasteiger partial charge is 0.257 e. The van der Waals surface area contributed by atoms with E-state index in [0.717, 1.165) is 5.56 Å². The van der Waals surface area contributed by atoms with Gasteiger partial charge in [-0.3, -0.25) is 4.79 Å². The van der Waals surface area contributed by atoms with Crippen LogP contribution in [0.3, 0.4) is 0 Å². The molecule has 3 N–H and O–H groups in total. The number of rotatable bonds is 5. The third kappa shape index (κ3) is 6.20. The van der Waals surface area contributed by atoms with Gasteiger partial charge in [0.15, 0.2) is 6.61 Å². The van der Waals surface area contributed by atoms with Crippen LogP contribution in [0.5, 0.6) is 5.75 Å². The van der Waals surface area contributed by atoms with E-state index >= 15 is 0 Å². The Hall–Kier alpha value is -1.62. The van der Waals surface area contributed by atoms with E-state index in [2.05, 4.69) is 26.1 Å². The first-order chi connectivity index (χ1) is 8.78. The van der Waals surface area contributed by atoms with Gasteiger partial charge in [0.25, 0.3) is 5.91 Å². The van der Waals surface area contributed by atoms with Crippen molar-refractivity contribution >= 4 is 23.1 Å². The highest BCUT2D eigenvalue weighted by Gasteiger charge is 2.12. The molecule has 5 heteroatoms. The van der Waals surface area contributed by atoms with Gasteiger partial charge in [0.2, 0.25) is 0 Å². The standard InChI is InChI=1S/C14H20N2O2S/c1-14(2,3)9-16-12(17)8-18-11-6-4-10(5-7-11)13(15)19/h4-7H,8-9H2,1-3H3,(H2,15,19)(H,16,17). The van der Waals surface area contributed by atoms with E-state index in [-0.39, 0.29) is 17.9 Å². The molecule has 1 rings (SSSR count). The van der Waals surface area contributed by atoms with Gasteiger partial charge in [-0.15, -0.1) is 0 Å². The molecule has 1 aromatic rings. The third-order valence-electron chi connectivity index (χ3n) is 2.32. The lowest BCUT2D eigenvalue weighted by atomic mass is 9.97. The minimum atomic E-state index is -0.131. The van der Waals surface area contributed by atoms with E-state index in [4.69, 9.17) is 22.7 Å². The second-order valence-corrected chi connectivity index (χ2v) is 5.95. The fourth-order valence-electron chi connectivity index (χ4n) is 1.28. The number of carbonyl (C=O) groups excluding carboxylic acids is 1. The van der Waals surface area contributed by atoms with Gasteiger partial charge in [-0.2, -0.15) is 0 Å². The SMILES string of the molecule is CC(C)(C)CNC(=O)COc1ccc(C(N)=S)cc1. The van der Waals surface area contributed by atoms with Crippen LogP contribution in [-0.2, 0) is 4.79 Å². The van der Waals surface area contributed by atoms with Crippen molar-refractivity contribution in [1.29, 1.82) is 0 Å². The fourth-order valence-corrected chi connectivity index (χ4v) is 1.42. The molecule has 0 saturated carbocycles. The predicted octanol–water partition coefficient (Wildman–Crippen LogP) is 1.86. The maximum absolute atomic E-state index is 11.6. The molecule has 0 aliphatic heterocycles. The summed E-state index contributed by atoms with van der Waals surface area (Å²) in [5, 5.41) is 2.82. The quantitative estimate of drug-likeness (QED) is 0.808. The number of benzene rings is 1. The first kappa shape index (κ1) is 15.4. The topological polar surface area (TPSA) is 64.3 Å². The number of thiocarbonyl (C=S) groups is 1. The summed E-state index contributed by atoms with van der Waals surface area (Å²) >= 11 is 4.85. The highest BCUT2D eigenvalue weighted by Crippen LogP contribution is 2.12. The number of carbonyl (C=O) groups is 1. The number of hydrogen-bond donors (Lipinski definition) is 2. The molecule has 1 amide bonds. The number of nitrogens with one attached hydrogen (secondary N) is 1. The zero-order valence-electron chi connectivity index (χ0n) is 11.5. The molecule has 0 bridgehead atoms. The summed E-state index contributed by atoms with van der Waals surface area (Å²) in [6.45, 7) is 6.80. The zero-order chi connectivity index (χ0) is 14.5. The average Bonchev–Trinajstić information content (AvgIpc) is 2.33. The van der Waals surface area contributed by atoms with Crippen LogP contribution in [0.2, 0.25) is 0 Å². The minimum Gasteiger partial charge on any atom is -0.484 e. The van der Waals surface area contributed by atoms with Crippen molar-refractivity contribution < 1.29 is 9.53 Å². The lowest BCUT2D eigenvalue weighted by Crippen LogP contribution is -2.35. The molecule has 0 saturated heterocycles. The molecule has 0 fully saturated rings. The second-order valence-electron chi connectivity index (χ2n) is 5.51. The van der Waals surface area contributed by atoms with Gasteiger partial charge in [0, 0.05) is 12.1 Å². The molecule has 104 valence electrons. The van der Waals surface area contributed by atoms with Crippen molar-refractivity contribution in [1.82, 2.24) is 5.32 Å². The van der Waals surface area contributed by atoms with Crippen LogP contribution in [0, 0.1) is 5.41 Å². The first-order valence-corrected chi connectivity index (χ1v) is 6.48. The number of hydrogen-bond acceptors (Lipinski definition) is 3. The summed E-state index contributed by atoms with van der Waals surface area (Å²) in [4.78, 5) is 11.9. The van der Waals surface area contributed by atoms with Crippen LogP contribution in [0.4, 0.5) is 0 Å². The highest BCUT2D eigenvalue weighted by atomic mass is 32.1. The van der Waals surface area contributed by atoms with E-state index in [1.807, 2.05) is 0 Å². The van der Waals surface area contributed by atoms with E-state index in [0.29, 0.717) is 17.3 Å². The Balaban J connectivity index is 2.40. The maximum atomic E-state index is 11.6. The Morgan fingerprint density at radius 3 is 2.37 bits per heavy atom. The van der Waals surface area contributed by atoms with Gasteiger partial charge in [-0.05, 0) is 29.7 Å². The van der Waals surface area contributed by atoms with Crippen LogP contribution >= 0.6 is 12.2 Å². The Labute approximate surface area is 119 Å². The van der Waals surface area contributed by atoms with Crippen molar-refractivity contribution in [2.45, 2.75) is 20.8 Å². The minimum absolute atomic E-state index is 0.00248.